The molecule has 4 nitrogen and oxygen atoms in total. The number of aryl methyl sites for hydroxylation is 1. The molecule has 17 heavy (non-hydrogen) atoms. The molecule has 1 fully saturated rings. The number of piperazine rings is 1. The SMILES string of the molecule is Cc1ccc(C(=O)N2C[C@H](C)N[C@@H](C)C2)cn1. The van der Waals surface area contributed by atoms with Crippen LogP contribution in [0.3, 0.4) is 0 Å². The quantitative estimate of drug-likeness (QED) is 0.793. The van der Waals surface area contributed by atoms with Crippen molar-refractivity contribution in [3.8, 4) is 0 Å². The molecule has 0 saturated carbocycles. The summed E-state index contributed by atoms with van der Waals surface area (Å²) in [5, 5.41) is 3.42. The van der Waals surface area contributed by atoms with E-state index in [1.165, 1.54) is 0 Å². The maximum Gasteiger partial charge on any atom is 0.255 e. The summed E-state index contributed by atoms with van der Waals surface area (Å²) in [6, 6.07) is 4.42. The highest BCUT2D eigenvalue weighted by Crippen LogP contribution is 2.10. The van der Waals surface area contributed by atoms with E-state index in [0.717, 1.165) is 18.8 Å². The number of pyridine rings is 1. The van der Waals surface area contributed by atoms with Crippen molar-refractivity contribution in [3.63, 3.8) is 0 Å². The van der Waals surface area contributed by atoms with Crippen LogP contribution in [0.2, 0.25) is 0 Å². The van der Waals surface area contributed by atoms with Crippen molar-refractivity contribution in [1.82, 2.24) is 15.2 Å². The van der Waals surface area contributed by atoms with E-state index in [4.69, 9.17) is 0 Å². The molecule has 0 radical (unpaired) electrons. The van der Waals surface area contributed by atoms with Crippen LogP contribution in [0.4, 0.5) is 0 Å². The molecule has 2 atom stereocenters. The number of carbonyl (C=O) groups is 1. The molecule has 0 aliphatic carbocycles. The zero-order valence-electron chi connectivity index (χ0n) is 10.6. The summed E-state index contributed by atoms with van der Waals surface area (Å²) in [6.45, 7) is 7.64. The first-order valence-electron chi connectivity index (χ1n) is 6.04. The van der Waals surface area contributed by atoms with E-state index in [1.54, 1.807) is 6.20 Å². The lowest BCUT2D eigenvalue weighted by Gasteiger charge is -2.36. The largest absolute Gasteiger partial charge is 0.335 e. The number of nitrogens with zero attached hydrogens (tertiary/aromatic N) is 2. The van der Waals surface area contributed by atoms with Gasteiger partial charge >= 0.3 is 0 Å². The summed E-state index contributed by atoms with van der Waals surface area (Å²) in [5.74, 6) is 0.0812. The van der Waals surface area contributed by atoms with Gasteiger partial charge in [-0.15, -0.1) is 0 Å². The van der Waals surface area contributed by atoms with Crippen LogP contribution in [0.5, 0.6) is 0 Å². The van der Waals surface area contributed by atoms with Crippen LogP contribution in [0, 0.1) is 6.92 Å². The van der Waals surface area contributed by atoms with Gasteiger partial charge in [-0.3, -0.25) is 9.78 Å². The lowest BCUT2D eigenvalue weighted by Crippen LogP contribution is -2.55. The number of rotatable bonds is 1. The minimum absolute atomic E-state index is 0.0812. The summed E-state index contributed by atoms with van der Waals surface area (Å²) in [7, 11) is 0. The first-order valence-corrected chi connectivity index (χ1v) is 6.04. The molecule has 1 aliphatic rings. The summed E-state index contributed by atoms with van der Waals surface area (Å²) in [5.41, 5.74) is 1.61. The van der Waals surface area contributed by atoms with Crippen LogP contribution in [0.25, 0.3) is 0 Å². The van der Waals surface area contributed by atoms with Gasteiger partial charge in [-0.05, 0) is 32.9 Å². The van der Waals surface area contributed by atoms with Crippen molar-refractivity contribution in [2.24, 2.45) is 0 Å². The molecule has 2 heterocycles. The molecule has 4 heteroatoms. The van der Waals surface area contributed by atoms with Crippen LogP contribution >= 0.6 is 0 Å². The third-order valence-corrected chi connectivity index (χ3v) is 3.00. The van der Waals surface area contributed by atoms with Crippen LogP contribution in [0.1, 0.15) is 29.9 Å². The first-order chi connectivity index (χ1) is 8.06. The molecule has 0 unspecified atom stereocenters. The van der Waals surface area contributed by atoms with Gasteiger partial charge in [-0.1, -0.05) is 0 Å². The van der Waals surface area contributed by atoms with E-state index in [-0.39, 0.29) is 5.91 Å². The second-order valence-corrected chi connectivity index (χ2v) is 4.87. The Hall–Kier alpha value is -1.42. The Morgan fingerprint density at radius 1 is 1.35 bits per heavy atom. The lowest BCUT2D eigenvalue weighted by atomic mass is 10.1. The predicted octanol–water partition coefficient (Wildman–Crippen LogP) is 1.21. The maximum absolute atomic E-state index is 12.3. The van der Waals surface area contributed by atoms with E-state index in [1.807, 2.05) is 24.0 Å². The number of hydrogen-bond donors (Lipinski definition) is 1. The van der Waals surface area contributed by atoms with Gasteiger partial charge in [0.25, 0.3) is 5.91 Å². The van der Waals surface area contributed by atoms with Crippen LogP contribution in [-0.4, -0.2) is 41.0 Å². The zero-order chi connectivity index (χ0) is 12.4. The van der Waals surface area contributed by atoms with Gasteiger partial charge < -0.3 is 10.2 Å². The third kappa shape index (κ3) is 2.82. The highest BCUT2D eigenvalue weighted by Gasteiger charge is 2.25. The Labute approximate surface area is 102 Å². The van der Waals surface area contributed by atoms with Gasteiger partial charge in [0.1, 0.15) is 0 Å². The summed E-state index contributed by atoms with van der Waals surface area (Å²) >= 11 is 0. The molecule has 0 aromatic carbocycles. The molecular formula is C13H19N3O. The fraction of sp³-hybridized carbons (Fsp3) is 0.538. The van der Waals surface area contributed by atoms with Gasteiger partial charge in [0.05, 0.1) is 5.56 Å². The summed E-state index contributed by atoms with van der Waals surface area (Å²) in [4.78, 5) is 18.3. The third-order valence-electron chi connectivity index (χ3n) is 3.00. The van der Waals surface area contributed by atoms with Crippen molar-refractivity contribution in [2.45, 2.75) is 32.9 Å². The lowest BCUT2D eigenvalue weighted by molar-refractivity contribution is 0.0673. The molecule has 0 bridgehead atoms. The highest BCUT2D eigenvalue weighted by molar-refractivity contribution is 5.94. The monoisotopic (exact) mass is 233 g/mol. The van der Waals surface area contributed by atoms with Crippen LogP contribution in [-0.2, 0) is 0 Å². The predicted molar refractivity (Wildman–Crippen MR) is 66.9 cm³/mol. The molecule has 92 valence electrons. The Balaban J connectivity index is 2.11. The standard InChI is InChI=1S/C13H19N3O/c1-9-4-5-12(6-14-9)13(17)16-7-10(2)15-11(3)8-16/h4-6,10-11,15H,7-8H2,1-3H3/t10-,11-/m0/s1. The fourth-order valence-corrected chi connectivity index (χ4v) is 2.27. The average molecular weight is 233 g/mol. The second-order valence-electron chi connectivity index (χ2n) is 4.87. The number of nitrogens with one attached hydrogen (secondary N) is 1. The summed E-state index contributed by atoms with van der Waals surface area (Å²) in [6.07, 6.45) is 1.66. The maximum atomic E-state index is 12.3. The average Bonchev–Trinajstić information content (AvgIpc) is 2.28. The van der Waals surface area contributed by atoms with E-state index in [9.17, 15) is 4.79 Å². The molecule has 2 rings (SSSR count). The number of amides is 1. The fourth-order valence-electron chi connectivity index (χ4n) is 2.27. The molecular weight excluding hydrogens is 214 g/mol. The number of carbonyl (C=O) groups excluding carboxylic acids is 1. The van der Waals surface area contributed by atoms with Crippen LogP contribution in [0.15, 0.2) is 18.3 Å². The van der Waals surface area contributed by atoms with E-state index < -0.39 is 0 Å². The summed E-state index contributed by atoms with van der Waals surface area (Å²) < 4.78 is 0. The number of hydrogen-bond acceptors (Lipinski definition) is 3. The smallest absolute Gasteiger partial charge is 0.255 e. The van der Waals surface area contributed by atoms with E-state index in [2.05, 4.69) is 24.1 Å². The molecule has 0 spiro atoms. The van der Waals surface area contributed by atoms with Crippen molar-refractivity contribution in [2.75, 3.05) is 13.1 Å². The van der Waals surface area contributed by atoms with Crippen molar-refractivity contribution < 1.29 is 4.79 Å². The minimum atomic E-state index is 0.0812. The molecule has 1 aromatic rings. The number of aromatic nitrogens is 1. The minimum Gasteiger partial charge on any atom is -0.335 e. The van der Waals surface area contributed by atoms with Gasteiger partial charge in [-0.25, -0.2) is 0 Å². The van der Waals surface area contributed by atoms with Gasteiger partial charge in [0.15, 0.2) is 0 Å². The molecule has 1 aromatic heterocycles. The Bertz CT molecular complexity index is 392. The zero-order valence-corrected chi connectivity index (χ0v) is 10.6. The Morgan fingerprint density at radius 3 is 2.53 bits per heavy atom. The van der Waals surface area contributed by atoms with Crippen LogP contribution < -0.4 is 5.32 Å². The highest BCUT2D eigenvalue weighted by atomic mass is 16.2. The Kier molecular flexibility index (Phi) is 3.43. The molecule has 1 aliphatic heterocycles. The van der Waals surface area contributed by atoms with E-state index in [0.29, 0.717) is 17.6 Å². The van der Waals surface area contributed by atoms with Crippen molar-refractivity contribution in [1.29, 1.82) is 0 Å². The van der Waals surface area contributed by atoms with E-state index >= 15 is 0 Å². The van der Waals surface area contributed by atoms with Gasteiger partial charge in [0, 0.05) is 37.1 Å². The first kappa shape index (κ1) is 12.0. The molecule has 1 N–H and O–H groups in total. The normalized spacial score (nSPS) is 24.8. The molecule has 1 saturated heterocycles. The van der Waals surface area contributed by atoms with Crippen molar-refractivity contribution in [3.05, 3.63) is 29.6 Å². The second kappa shape index (κ2) is 4.84. The topological polar surface area (TPSA) is 45.2 Å². The molecule has 1 amide bonds. The van der Waals surface area contributed by atoms with Gasteiger partial charge in [-0.2, -0.15) is 0 Å². The van der Waals surface area contributed by atoms with Crippen molar-refractivity contribution >= 4 is 5.91 Å². The Morgan fingerprint density at radius 2 is 2.00 bits per heavy atom. The van der Waals surface area contributed by atoms with Gasteiger partial charge in [0.2, 0.25) is 0 Å².